The molecule has 0 bridgehead atoms. The lowest BCUT2D eigenvalue weighted by Gasteiger charge is -2.33. The van der Waals surface area contributed by atoms with Crippen LogP contribution in [0.4, 0.5) is 5.82 Å². The van der Waals surface area contributed by atoms with Crippen LogP contribution < -0.4 is 4.90 Å². The molecule has 2 saturated heterocycles. The van der Waals surface area contributed by atoms with E-state index in [4.69, 9.17) is 9.47 Å². The molecule has 4 heterocycles. The van der Waals surface area contributed by atoms with E-state index in [0.717, 1.165) is 57.0 Å². The summed E-state index contributed by atoms with van der Waals surface area (Å²) < 4.78 is 13.5. The lowest BCUT2D eigenvalue weighted by Crippen LogP contribution is -2.38. The minimum atomic E-state index is 0.310. The molecule has 0 unspecified atom stereocenters. The number of rotatable bonds is 4. The first-order chi connectivity index (χ1) is 10.9. The normalized spacial score (nSPS) is 23.5. The Balaban J connectivity index is 1.34. The van der Waals surface area contributed by atoms with E-state index in [0.29, 0.717) is 12.2 Å². The standard InChI is InChI=1S/C15H21N5O2/c1-2-13(21-9-1)10-22-12-3-6-19(7-4-12)14-15-18-17-11-20(15)8-5-16-14/h5,8,11-13H,1-4,6-7,9-10H2/t13-/m1/s1. The second-order valence-corrected chi connectivity index (χ2v) is 5.97. The fourth-order valence-electron chi connectivity index (χ4n) is 3.22. The zero-order valence-corrected chi connectivity index (χ0v) is 12.6. The van der Waals surface area contributed by atoms with Gasteiger partial charge in [-0.3, -0.25) is 4.40 Å². The summed E-state index contributed by atoms with van der Waals surface area (Å²) in [6, 6.07) is 0. The van der Waals surface area contributed by atoms with E-state index in [9.17, 15) is 0 Å². The maximum Gasteiger partial charge on any atom is 0.203 e. The van der Waals surface area contributed by atoms with Gasteiger partial charge in [-0.05, 0) is 25.7 Å². The molecule has 4 rings (SSSR count). The quantitative estimate of drug-likeness (QED) is 0.848. The largest absolute Gasteiger partial charge is 0.376 e. The van der Waals surface area contributed by atoms with Gasteiger partial charge in [0.05, 0.1) is 18.8 Å². The number of piperidine rings is 1. The number of anilines is 1. The fraction of sp³-hybridized carbons (Fsp3) is 0.667. The van der Waals surface area contributed by atoms with E-state index in [1.165, 1.54) is 6.42 Å². The van der Waals surface area contributed by atoms with Crippen LogP contribution in [0, 0.1) is 0 Å². The average Bonchev–Trinajstić information content (AvgIpc) is 3.24. The fourth-order valence-corrected chi connectivity index (χ4v) is 3.22. The third-order valence-electron chi connectivity index (χ3n) is 4.48. The molecule has 7 nitrogen and oxygen atoms in total. The zero-order valence-electron chi connectivity index (χ0n) is 12.6. The van der Waals surface area contributed by atoms with Crippen LogP contribution in [-0.2, 0) is 9.47 Å². The molecule has 0 N–H and O–H groups in total. The summed E-state index contributed by atoms with van der Waals surface area (Å²) in [5, 5.41) is 8.12. The van der Waals surface area contributed by atoms with Crippen LogP contribution in [0.1, 0.15) is 25.7 Å². The summed E-state index contributed by atoms with van der Waals surface area (Å²) >= 11 is 0. The molecule has 2 aromatic heterocycles. The molecule has 0 saturated carbocycles. The van der Waals surface area contributed by atoms with Crippen LogP contribution in [0.3, 0.4) is 0 Å². The van der Waals surface area contributed by atoms with Crippen molar-refractivity contribution < 1.29 is 9.47 Å². The molecule has 118 valence electrons. The Morgan fingerprint density at radius 1 is 1.27 bits per heavy atom. The Morgan fingerprint density at radius 2 is 2.18 bits per heavy atom. The van der Waals surface area contributed by atoms with Gasteiger partial charge in [-0.15, -0.1) is 10.2 Å². The van der Waals surface area contributed by atoms with Crippen molar-refractivity contribution in [1.29, 1.82) is 0 Å². The smallest absolute Gasteiger partial charge is 0.203 e. The van der Waals surface area contributed by atoms with Gasteiger partial charge in [-0.2, -0.15) is 0 Å². The van der Waals surface area contributed by atoms with Crippen molar-refractivity contribution in [3.63, 3.8) is 0 Å². The third-order valence-corrected chi connectivity index (χ3v) is 4.48. The van der Waals surface area contributed by atoms with Gasteiger partial charge >= 0.3 is 0 Å². The van der Waals surface area contributed by atoms with Crippen LogP contribution in [0.2, 0.25) is 0 Å². The van der Waals surface area contributed by atoms with Gasteiger partial charge < -0.3 is 14.4 Å². The lowest BCUT2D eigenvalue weighted by atomic mass is 10.1. The molecular formula is C15H21N5O2. The van der Waals surface area contributed by atoms with Crippen molar-refractivity contribution in [3.8, 4) is 0 Å². The summed E-state index contributed by atoms with van der Waals surface area (Å²) in [5.74, 6) is 0.914. The summed E-state index contributed by atoms with van der Waals surface area (Å²) in [6.07, 6.45) is 10.4. The van der Waals surface area contributed by atoms with Crippen LogP contribution in [0.5, 0.6) is 0 Å². The molecule has 2 aromatic rings. The van der Waals surface area contributed by atoms with Gasteiger partial charge in [0, 0.05) is 32.1 Å². The first-order valence-corrected chi connectivity index (χ1v) is 8.02. The third kappa shape index (κ3) is 2.78. The summed E-state index contributed by atoms with van der Waals surface area (Å²) in [7, 11) is 0. The lowest BCUT2D eigenvalue weighted by molar-refractivity contribution is -0.0280. The van der Waals surface area contributed by atoms with E-state index >= 15 is 0 Å². The Labute approximate surface area is 129 Å². The van der Waals surface area contributed by atoms with Gasteiger partial charge in [0.15, 0.2) is 5.82 Å². The van der Waals surface area contributed by atoms with Crippen LogP contribution in [0.15, 0.2) is 18.7 Å². The van der Waals surface area contributed by atoms with Crippen molar-refractivity contribution in [2.24, 2.45) is 0 Å². The number of hydrogen-bond acceptors (Lipinski definition) is 6. The van der Waals surface area contributed by atoms with Gasteiger partial charge in [0.25, 0.3) is 0 Å². The number of ether oxygens (including phenoxy) is 2. The van der Waals surface area contributed by atoms with E-state index in [2.05, 4.69) is 20.1 Å². The van der Waals surface area contributed by atoms with Gasteiger partial charge in [0.2, 0.25) is 5.65 Å². The molecule has 0 spiro atoms. The Bertz CT molecular complexity index is 617. The van der Waals surface area contributed by atoms with E-state index < -0.39 is 0 Å². The van der Waals surface area contributed by atoms with Crippen LogP contribution in [-0.4, -0.2) is 58.1 Å². The SMILES string of the molecule is c1cn2cnnc2c(N2CCC(OC[C@H]3CCCO3)CC2)n1. The highest BCUT2D eigenvalue weighted by atomic mass is 16.5. The van der Waals surface area contributed by atoms with Gasteiger partial charge in [-0.25, -0.2) is 4.98 Å². The molecule has 0 amide bonds. The number of fused-ring (bicyclic) bond motifs is 1. The van der Waals surface area contributed by atoms with Crippen molar-refractivity contribution in [2.45, 2.75) is 37.9 Å². The molecule has 0 aliphatic carbocycles. The molecule has 0 radical (unpaired) electrons. The molecule has 2 aliphatic heterocycles. The van der Waals surface area contributed by atoms with Crippen LogP contribution in [0.25, 0.3) is 5.65 Å². The van der Waals surface area contributed by atoms with Crippen molar-refractivity contribution in [1.82, 2.24) is 19.6 Å². The van der Waals surface area contributed by atoms with E-state index in [1.807, 2.05) is 10.6 Å². The molecule has 1 atom stereocenters. The van der Waals surface area contributed by atoms with Crippen LogP contribution >= 0.6 is 0 Å². The average molecular weight is 303 g/mol. The summed E-state index contributed by atoms with van der Waals surface area (Å²) in [5.41, 5.74) is 0.821. The monoisotopic (exact) mass is 303 g/mol. The highest BCUT2D eigenvalue weighted by Crippen LogP contribution is 2.23. The predicted molar refractivity (Wildman–Crippen MR) is 80.9 cm³/mol. The Kier molecular flexibility index (Phi) is 3.90. The highest BCUT2D eigenvalue weighted by Gasteiger charge is 2.24. The molecule has 22 heavy (non-hydrogen) atoms. The molecular weight excluding hydrogens is 282 g/mol. The minimum absolute atomic E-state index is 0.310. The maximum atomic E-state index is 6.02. The minimum Gasteiger partial charge on any atom is -0.376 e. The second kappa shape index (κ2) is 6.18. The number of nitrogens with zero attached hydrogens (tertiary/aromatic N) is 5. The molecule has 2 fully saturated rings. The Morgan fingerprint density at radius 3 is 3.00 bits per heavy atom. The molecule has 2 aliphatic rings. The van der Waals surface area contributed by atoms with E-state index in [1.54, 1.807) is 12.5 Å². The van der Waals surface area contributed by atoms with E-state index in [-0.39, 0.29) is 0 Å². The van der Waals surface area contributed by atoms with Gasteiger partial charge in [0.1, 0.15) is 6.33 Å². The Hall–Kier alpha value is -1.73. The number of aromatic nitrogens is 4. The topological polar surface area (TPSA) is 64.8 Å². The molecule has 7 heteroatoms. The maximum absolute atomic E-state index is 6.02. The first kappa shape index (κ1) is 13.9. The second-order valence-electron chi connectivity index (χ2n) is 5.97. The number of hydrogen-bond donors (Lipinski definition) is 0. The van der Waals surface area contributed by atoms with Gasteiger partial charge in [-0.1, -0.05) is 0 Å². The summed E-state index contributed by atoms with van der Waals surface area (Å²) in [4.78, 5) is 6.75. The van der Waals surface area contributed by atoms with Crippen molar-refractivity contribution in [2.75, 3.05) is 31.2 Å². The highest BCUT2D eigenvalue weighted by molar-refractivity contribution is 5.63. The zero-order chi connectivity index (χ0) is 14.8. The first-order valence-electron chi connectivity index (χ1n) is 8.02. The summed E-state index contributed by atoms with van der Waals surface area (Å²) in [6.45, 7) is 3.51. The molecule has 0 aromatic carbocycles. The predicted octanol–water partition coefficient (Wildman–Crippen LogP) is 1.29. The van der Waals surface area contributed by atoms with Crippen molar-refractivity contribution in [3.05, 3.63) is 18.7 Å². The van der Waals surface area contributed by atoms with Crippen molar-refractivity contribution >= 4 is 11.5 Å².